The molecule has 0 fully saturated rings. The van der Waals surface area contributed by atoms with E-state index in [1.807, 2.05) is 6.07 Å². The fraction of sp³-hybridized carbons (Fsp3) is 0.0230. The van der Waals surface area contributed by atoms with Crippen LogP contribution in [0.5, 0.6) is 11.5 Å². The molecule has 508 valence electrons. The van der Waals surface area contributed by atoms with Gasteiger partial charge < -0.3 is 44.6 Å². The summed E-state index contributed by atoms with van der Waals surface area (Å²) in [6.45, 7) is 9.50. The van der Waals surface area contributed by atoms with Crippen LogP contribution in [0.4, 0.5) is 11.6 Å². The second kappa shape index (κ2) is 48.8. The van der Waals surface area contributed by atoms with E-state index in [4.69, 9.17) is 49.9 Å². The third kappa shape index (κ3) is 27.1. The first-order valence-corrected chi connectivity index (χ1v) is 37.9. The second-order valence-electron chi connectivity index (χ2n) is 21.0. The van der Waals surface area contributed by atoms with Gasteiger partial charge in [0.2, 0.25) is 0 Å². The number of aromatic nitrogens is 2. The number of halogens is 1. The predicted octanol–water partition coefficient (Wildman–Crippen LogP) is 15.9. The van der Waals surface area contributed by atoms with E-state index < -0.39 is 31.7 Å². The second-order valence-corrected chi connectivity index (χ2v) is 30.8. The van der Waals surface area contributed by atoms with Crippen LogP contribution in [0.1, 0.15) is 5.56 Å². The third-order valence-electron chi connectivity index (χ3n) is 14.5. The molecule has 0 amide bonds. The number of nitriles is 1. The number of nitrogens with zero attached hydrogens (tertiary/aromatic N) is 5. The van der Waals surface area contributed by atoms with Crippen LogP contribution in [0.3, 0.4) is 0 Å². The van der Waals surface area contributed by atoms with Crippen molar-refractivity contribution in [3.05, 3.63) is 412 Å². The zero-order valence-corrected chi connectivity index (χ0v) is 66.5. The van der Waals surface area contributed by atoms with Gasteiger partial charge >= 0.3 is 19.5 Å². The van der Waals surface area contributed by atoms with Crippen molar-refractivity contribution in [3.8, 4) is 17.6 Å². The molecule has 14 aromatic rings. The molecule has 0 aliphatic heterocycles. The summed E-state index contributed by atoms with van der Waals surface area (Å²) in [5.41, 5.74) is 11.3. The average molecular weight is 1630 g/mol. The maximum atomic E-state index is 8.46. The molecule has 0 aliphatic rings. The Balaban J connectivity index is 0.000000222. The van der Waals surface area contributed by atoms with Gasteiger partial charge in [-0.3, -0.25) is 0 Å². The molecule has 0 bridgehead atoms. The molecule has 0 radical (unpaired) electrons. The summed E-state index contributed by atoms with van der Waals surface area (Å²) < 4.78 is 10.6. The summed E-state index contributed by atoms with van der Waals surface area (Å²) in [5, 5.41) is 37.7. The summed E-state index contributed by atoms with van der Waals surface area (Å²) in [6.07, 6.45) is 3.02. The molecule has 0 atom stereocenters. The van der Waals surface area contributed by atoms with Crippen LogP contribution in [0, 0.1) is 35.0 Å². The molecule has 16 heteroatoms. The van der Waals surface area contributed by atoms with Crippen LogP contribution in [0.2, 0.25) is 0 Å². The van der Waals surface area contributed by atoms with Gasteiger partial charge in [-0.2, -0.15) is 5.26 Å². The molecule has 0 saturated heterocycles. The van der Waals surface area contributed by atoms with E-state index >= 15 is 0 Å². The van der Waals surface area contributed by atoms with Gasteiger partial charge in [0.25, 0.3) is 0 Å². The van der Waals surface area contributed by atoms with E-state index in [1.54, 1.807) is 25.4 Å². The van der Waals surface area contributed by atoms with E-state index in [2.05, 4.69) is 390 Å². The van der Waals surface area contributed by atoms with Crippen molar-refractivity contribution in [2.45, 2.75) is 0 Å². The number of nitrogens with two attached hydrogens (primary N) is 2. The largest absolute Gasteiger partial charge is 2.00 e. The predicted molar refractivity (Wildman–Crippen MR) is 433 cm³/mol. The Kier molecular flexibility index (Phi) is 39.7. The van der Waals surface area contributed by atoms with Crippen molar-refractivity contribution in [1.82, 2.24) is 9.97 Å². The van der Waals surface area contributed by atoms with E-state index in [9.17, 15) is 0 Å². The standard InChI is InChI=1S/4C18H15P.C7H7N3O.C6H7BrN2O.2CN.Pd.Zn/c4*1-4-10-16(11-5-1)19(17-12-6-2-7-13-17)18-14-8-3-9-15-18;1-11-6-2-5(3-8)4-10-7(6)9;1-10-5-2-4(7)3-9-6(5)8;2*1-2;;/h4*1-15H;2,4H,1H3,(H2,9,10);2-3H,1H3,(H2,8,9);;;;/q;;;;;;2*-1;;+2. The normalized spacial score (nSPS) is 9.69. The van der Waals surface area contributed by atoms with Crippen molar-refractivity contribution < 1.29 is 49.4 Å². The summed E-state index contributed by atoms with van der Waals surface area (Å²) in [7, 11) is 1.25. The number of rotatable bonds is 14. The monoisotopic (exact) mass is 1620 g/mol. The number of ether oxygens (including phenoxy) is 2. The summed E-state index contributed by atoms with van der Waals surface area (Å²) >= 11 is 3.24. The molecule has 4 N–H and O–H groups in total. The zero-order chi connectivity index (χ0) is 71.5. The number of hydrogen-bond acceptors (Lipinski definition) is 9. The van der Waals surface area contributed by atoms with Crippen molar-refractivity contribution in [2.24, 2.45) is 0 Å². The van der Waals surface area contributed by atoms with Crippen molar-refractivity contribution in [1.29, 1.82) is 15.8 Å². The topological polar surface area (TPSA) is 168 Å². The Labute approximate surface area is 647 Å². The van der Waals surface area contributed by atoms with E-state index in [0.717, 1.165) is 4.47 Å². The van der Waals surface area contributed by atoms with E-state index in [-0.39, 0.29) is 39.9 Å². The number of hydrogen-bond donors (Lipinski definition) is 2. The minimum atomic E-state index is -0.446. The molecule has 14 rings (SSSR count). The first-order chi connectivity index (χ1) is 49.8. The van der Waals surface area contributed by atoms with Crippen LogP contribution in [0.15, 0.2) is 393 Å². The van der Waals surface area contributed by atoms with Crippen LogP contribution >= 0.6 is 47.6 Å². The SMILES string of the molecule is COc1cc(Br)cnc1N.COc1cc(C#N)cnc1N.[C-]#N.[C-]#N.[Pd].[Zn+2].c1ccc(P(c2ccccc2)c2ccccc2)cc1.c1ccc(P(c2ccccc2)c2ccccc2)cc1.c1ccc(P(c2ccccc2)c2ccccc2)cc1.c1ccc(P(c2ccccc2)c2ccccc2)cc1. The smallest absolute Gasteiger partial charge is 0.512 e. The van der Waals surface area contributed by atoms with Crippen LogP contribution in [-0.4, -0.2) is 24.2 Å². The number of nitrogen functional groups attached to an aromatic ring is 2. The molecule has 2 heterocycles. The van der Waals surface area contributed by atoms with Crippen LogP contribution < -0.4 is 84.6 Å². The molecule has 103 heavy (non-hydrogen) atoms. The minimum Gasteiger partial charge on any atom is -0.512 e. The van der Waals surface area contributed by atoms with E-state index in [0.29, 0.717) is 28.7 Å². The minimum absolute atomic E-state index is 0. The molecule has 12 aromatic carbocycles. The Morgan fingerprint density at radius 1 is 0.301 bits per heavy atom. The Morgan fingerprint density at radius 3 is 0.602 bits per heavy atom. The van der Waals surface area contributed by atoms with Gasteiger partial charge in [-0.15, -0.1) is 0 Å². The summed E-state index contributed by atoms with van der Waals surface area (Å²) in [4.78, 5) is 7.61. The molecular weight excluding hydrogens is 1550 g/mol. The van der Waals surface area contributed by atoms with Crippen LogP contribution in [-0.2, 0) is 39.9 Å². The summed E-state index contributed by atoms with van der Waals surface area (Å²) in [6, 6.07) is 135. The molecular formula is C87H74BrN7O2P4PdZn. The Morgan fingerprint density at radius 2 is 0.456 bits per heavy atom. The third-order valence-corrected chi connectivity index (χ3v) is 24.7. The van der Waals surface area contributed by atoms with Gasteiger partial charge in [0, 0.05) is 43.4 Å². The fourth-order valence-corrected chi connectivity index (χ4v) is 19.5. The quantitative estimate of drug-likeness (QED) is 0.0612. The first kappa shape index (κ1) is 83.8. The Hall–Kier alpha value is -9.90. The van der Waals surface area contributed by atoms with Crippen molar-refractivity contribution in [2.75, 3.05) is 25.7 Å². The van der Waals surface area contributed by atoms with Gasteiger partial charge in [0.15, 0.2) is 23.1 Å². The average Bonchev–Trinajstić information content (AvgIpc) is 0.889. The van der Waals surface area contributed by atoms with Gasteiger partial charge in [0.1, 0.15) is 6.07 Å². The summed E-state index contributed by atoms with van der Waals surface area (Å²) in [5.74, 6) is 1.73. The molecule has 0 unspecified atom stereocenters. The van der Waals surface area contributed by atoms with Crippen molar-refractivity contribution in [3.63, 3.8) is 0 Å². The fourth-order valence-electron chi connectivity index (χ4n) is 9.99. The number of anilines is 2. The van der Waals surface area contributed by atoms with Gasteiger partial charge in [-0.25, -0.2) is 9.97 Å². The van der Waals surface area contributed by atoms with Gasteiger partial charge in [0.05, 0.1) is 19.8 Å². The maximum absolute atomic E-state index is 8.46. The molecule has 0 spiro atoms. The Bertz CT molecular complexity index is 3790. The van der Waals surface area contributed by atoms with Gasteiger partial charge in [-0.05, 0) is 117 Å². The van der Waals surface area contributed by atoms with E-state index in [1.165, 1.54) is 77.0 Å². The molecule has 9 nitrogen and oxygen atoms in total. The van der Waals surface area contributed by atoms with Crippen molar-refractivity contribution >= 4 is 123 Å². The molecule has 2 aromatic heterocycles. The maximum Gasteiger partial charge on any atom is 2.00 e. The zero-order valence-electron chi connectivity index (χ0n) is 56.8. The number of pyridine rings is 2. The molecule has 0 aliphatic carbocycles. The first-order valence-electron chi connectivity index (χ1n) is 31.7. The molecule has 0 saturated carbocycles. The number of benzene rings is 12. The van der Waals surface area contributed by atoms with Crippen LogP contribution in [0.25, 0.3) is 0 Å². The van der Waals surface area contributed by atoms with Gasteiger partial charge in [-0.1, -0.05) is 364 Å². The number of methoxy groups -OCH3 is 2.